The van der Waals surface area contributed by atoms with E-state index in [2.05, 4.69) is 62.8 Å². The molecule has 2 N–H and O–H groups in total. The molecule has 5 heterocycles. The largest absolute Gasteiger partial charge is 0.383 e. The number of hydrogen-bond acceptors (Lipinski definition) is 6. The maximum absolute atomic E-state index is 6.34. The van der Waals surface area contributed by atoms with E-state index in [9.17, 15) is 0 Å². The van der Waals surface area contributed by atoms with Crippen molar-refractivity contribution in [3.05, 3.63) is 90.6 Å². The van der Waals surface area contributed by atoms with E-state index in [0.29, 0.717) is 11.2 Å². The lowest BCUT2D eigenvalue weighted by Gasteiger charge is -2.46. The van der Waals surface area contributed by atoms with E-state index < -0.39 is 0 Å². The number of imidazole rings is 1. The van der Waals surface area contributed by atoms with Crippen LogP contribution in [0.15, 0.2) is 85.1 Å². The zero-order valence-electron chi connectivity index (χ0n) is 23.7. The fourth-order valence-corrected chi connectivity index (χ4v) is 6.55. The second kappa shape index (κ2) is 10.7. The van der Waals surface area contributed by atoms with Crippen LogP contribution >= 0.6 is 0 Å². The average molecular weight is 544 g/mol. The van der Waals surface area contributed by atoms with Crippen LogP contribution in [-0.4, -0.2) is 62.5 Å². The van der Waals surface area contributed by atoms with Crippen molar-refractivity contribution in [1.82, 2.24) is 29.3 Å². The summed E-state index contributed by atoms with van der Waals surface area (Å²) in [5, 5.41) is 0. The fraction of sp³-hybridized carbons (Fsp3) is 0.324. The van der Waals surface area contributed by atoms with Crippen molar-refractivity contribution in [3.63, 3.8) is 0 Å². The predicted molar refractivity (Wildman–Crippen MR) is 166 cm³/mol. The Balaban J connectivity index is 1.19. The van der Waals surface area contributed by atoms with E-state index in [1.807, 2.05) is 42.5 Å². The van der Waals surface area contributed by atoms with Crippen molar-refractivity contribution in [2.45, 2.75) is 32.2 Å². The van der Waals surface area contributed by atoms with Crippen LogP contribution in [0.1, 0.15) is 31.2 Å². The maximum Gasteiger partial charge on any atom is 0.165 e. The van der Waals surface area contributed by atoms with Crippen LogP contribution in [0.2, 0.25) is 0 Å². The summed E-state index contributed by atoms with van der Waals surface area (Å²) < 4.78 is 2.11. The number of likely N-dealkylation sites (tertiary alicyclic amines) is 2. The summed E-state index contributed by atoms with van der Waals surface area (Å²) in [6, 6.07) is 27.1. The molecule has 2 aromatic carbocycles. The maximum atomic E-state index is 6.34. The van der Waals surface area contributed by atoms with Gasteiger partial charge in [-0.1, -0.05) is 42.5 Å². The van der Waals surface area contributed by atoms with Gasteiger partial charge in [-0.3, -0.25) is 9.47 Å². The van der Waals surface area contributed by atoms with Crippen LogP contribution in [0.3, 0.4) is 0 Å². The van der Waals surface area contributed by atoms with E-state index in [-0.39, 0.29) is 0 Å². The molecule has 0 saturated carbocycles. The van der Waals surface area contributed by atoms with E-state index in [1.165, 1.54) is 57.4 Å². The Kier molecular flexibility index (Phi) is 6.77. The van der Waals surface area contributed by atoms with Crippen LogP contribution in [-0.2, 0) is 6.54 Å². The molecule has 1 spiro atoms. The molecule has 2 aliphatic rings. The first kappa shape index (κ1) is 25.9. The minimum Gasteiger partial charge on any atom is -0.383 e. The summed E-state index contributed by atoms with van der Waals surface area (Å²) in [4.78, 5) is 19.5. The van der Waals surface area contributed by atoms with Gasteiger partial charge in [0, 0.05) is 24.0 Å². The number of nitrogens with two attached hydrogens (primary N) is 1. The fourth-order valence-electron chi connectivity index (χ4n) is 6.55. The number of hydrogen-bond donors (Lipinski definition) is 1. The lowest BCUT2D eigenvalue weighted by atomic mass is 9.71. The summed E-state index contributed by atoms with van der Waals surface area (Å²) >= 11 is 0. The van der Waals surface area contributed by atoms with Gasteiger partial charge >= 0.3 is 0 Å². The average Bonchev–Trinajstić information content (AvgIpc) is 3.39. The predicted octanol–water partition coefficient (Wildman–Crippen LogP) is 6.04. The minimum atomic E-state index is 0.455. The van der Waals surface area contributed by atoms with Crippen LogP contribution < -0.4 is 5.73 Å². The van der Waals surface area contributed by atoms with Crippen LogP contribution in [0.5, 0.6) is 0 Å². The summed E-state index contributed by atoms with van der Waals surface area (Å²) in [6.45, 7) is 5.86. The SMILES string of the molecule is CN1CCC2(CC1)CCN(Cc1ccc(-n3c(-c4cccnc4N)nc4ccc(-c5ccccc5)nc43)cc1)CC2. The standard InChI is InChI=1S/C34H37N7/c1-39-20-15-34(16-21-39)17-22-40(23-18-34)24-25-9-11-27(12-10-25)41-32(28-8-5-19-36-31(28)35)38-30-14-13-29(37-33(30)41)26-6-3-2-4-7-26/h2-14,19H,15-18,20-24H2,1H3,(H2,35,36). The van der Waals surface area contributed by atoms with E-state index >= 15 is 0 Å². The number of nitrogen functional groups attached to an aromatic ring is 1. The lowest BCUT2D eigenvalue weighted by Crippen LogP contribution is -2.45. The molecule has 0 bridgehead atoms. The zero-order valence-corrected chi connectivity index (χ0v) is 23.7. The number of piperidine rings is 2. The number of anilines is 1. The number of benzene rings is 2. The van der Waals surface area contributed by atoms with Crippen molar-refractivity contribution in [2.24, 2.45) is 5.41 Å². The van der Waals surface area contributed by atoms with E-state index in [0.717, 1.165) is 46.0 Å². The molecule has 0 radical (unpaired) electrons. The molecule has 0 aliphatic carbocycles. The van der Waals surface area contributed by atoms with Crippen LogP contribution in [0.25, 0.3) is 39.5 Å². The van der Waals surface area contributed by atoms with Gasteiger partial charge in [0.25, 0.3) is 0 Å². The van der Waals surface area contributed by atoms with Gasteiger partial charge in [0.2, 0.25) is 0 Å². The Morgan fingerprint density at radius 1 is 0.780 bits per heavy atom. The quantitative estimate of drug-likeness (QED) is 0.291. The van der Waals surface area contributed by atoms with Gasteiger partial charge in [-0.15, -0.1) is 0 Å². The number of pyridine rings is 2. The second-order valence-electron chi connectivity index (χ2n) is 11.9. The third kappa shape index (κ3) is 5.11. The Hall–Kier alpha value is -4.07. The van der Waals surface area contributed by atoms with Crippen molar-refractivity contribution < 1.29 is 0 Å². The second-order valence-corrected chi connectivity index (χ2v) is 11.9. The number of nitrogens with zero attached hydrogens (tertiary/aromatic N) is 6. The number of fused-ring (bicyclic) bond motifs is 1. The Labute approximate surface area is 241 Å². The van der Waals surface area contributed by atoms with E-state index in [4.69, 9.17) is 15.7 Å². The molecule has 7 heteroatoms. The van der Waals surface area contributed by atoms with E-state index in [1.54, 1.807) is 6.20 Å². The van der Waals surface area contributed by atoms with Crippen molar-refractivity contribution in [2.75, 3.05) is 39.0 Å². The Bertz CT molecular complexity index is 1640. The molecule has 7 rings (SSSR count). The molecule has 0 unspecified atom stereocenters. The molecule has 3 aromatic heterocycles. The molecule has 208 valence electrons. The minimum absolute atomic E-state index is 0.455. The zero-order chi connectivity index (χ0) is 27.8. The van der Waals surface area contributed by atoms with Gasteiger partial charge in [-0.2, -0.15) is 0 Å². The molecule has 5 aromatic rings. The molecule has 0 atom stereocenters. The number of rotatable bonds is 5. The van der Waals surface area contributed by atoms with Gasteiger partial charge in [0.15, 0.2) is 11.5 Å². The van der Waals surface area contributed by atoms with Gasteiger partial charge in [0.1, 0.15) is 11.3 Å². The highest BCUT2D eigenvalue weighted by Gasteiger charge is 2.36. The monoisotopic (exact) mass is 543 g/mol. The van der Waals surface area contributed by atoms with Crippen LogP contribution in [0, 0.1) is 5.41 Å². The lowest BCUT2D eigenvalue weighted by molar-refractivity contribution is 0.0401. The first-order valence-corrected chi connectivity index (χ1v) is 14.7. The molecular formula is C34H37N7. The summed E-state index contributed by atoms with van der Waals surface area (Å²) in [6.07, 6.45) is 7.07. The molecule has 2 fully saturated rings. The van der Waals surface area contributed by atoms with Crippen LogP contribution in [0.4, 0.5) is 5.82 Å². The molecule has 7 nitrogen and oxygen atoms in total. The smallest absolute Gasteiger partial charge is 0.165 e. The highest BCUT2D eigenvalue weighted by molar-refractivity contribution is 5.84. The Morgan fingerprint density at radius 3 is 2.24 bits per heavy atom. The molecular weight excluding hydrogens is 506 g/mol. The summed E-state index contributed by atoms with van der Waals surface area (Å²) in [7, 11) is 2.26. The molecule has 2 aliphatic heterocycles. The van der Waals surface area contributed by atoms with Crippen molar-refractivity contribution in [3.8, 4) is 28.3 Å². The molecule has 0 amide bonds. The normalized spacial score (nSPS) is 17.8. The van der Waals surface area contributed by atoms with Gasteiger partial charge < -0.3 is 10.6 Å². The van der Waals surface area contributed by atoms with Gasteiger partial charge in [0.05, 0.1) is 11.3 Å². The number of aromatic nitrogens is 4. The first-order valence-electron chi connectivity index (χ1n) is 14.7. The Morgan fingerprint density at radius 2 is 1.51 bits per heavy atom. The summed E-state index contributed by atoms with van der Waals surface area (Å²) in [5.74, 6) is 1.20. The molecule has 2 saturated heterocycles. The third-order valence-electron chi connectivity index (χ3n) is 9.22. The highest BCUT2D eigenvalue weighted by atomic mass is 15.2. The van der Waals surface area contributed by atoms with Crippen molar-refractivity contribution in [1.29, 1.82) is 0 Å². The van der Waals surface area contributed by atoms with Gasteiger partial charge in [-0.25, -0.2) is 15.0 Å². The van der Waals surface area contributed by atoms with Crippen molar-refractivity contribution >= 4 is 17.0 Å². The summed E-state index contributed by atoms with van der Waals surface area (Å²) in [5.41, 5.74) is 13.7. The first-order chi connectivity index (χ1) is 20.1. The van der Waals surface area contributed by atoms with Gasteiger partial charge in [-0.05, 0) is 106 Å². The topological polar surface area (TPSA) is 76.1 Å². The third-order valence-corrected chi connectivity index (χ3v) is 9.22. The highest BCUT2D eigenvalue weighted by Crippen LogP contribution is 2.41. The molecule has 41 heavy (non-hydrogen) atoms.